The highest BCUT2D eigenvalue weighted by Gasteiger charge is 2.35. The van der Waals surface area contributed by atoms with Crippen LogP contribution in [0.25, 0.3) is 0 Å². The van der Waals surface area contributed by atoms with Crippen LogP contribution in [0.4, 0.5) is 17.6 Å². The molecule has 0 aliphatic rings. The van der Waals surface area contributed by atoms with Crippen molar-refractivity contribution >= 4 is 5.78 Å². The largest absolute Gasteiger partial charge is 0.419 e. The van der Waals surface area contributed by atoms with E-state index >= 15 is 0 Å². The monoisotopic (exact) mass is 282 g/mol. The highest BCUT2D eigenvalue weighted by atomic mass is 19.4. The van der Waals surface area contributed by atoms with Crippen molar-refractivity contribution in [3.63, 3.8) is 0 Å². The third-order valence-electron chi connectivity index (χ3n) is 2.86. The summed E-state index contributed by atoms with van der Waals surface area (Å²) in [5.74, 6) is -2.31. The topological polar surface area (TPSA) is 17.1 Å². The second-order valence-electron chi connectivity index (χ2n) is 4.36. The van der Waals surface area contributed by atoms with E-state index in [-0.39, 0.29) is 5.56 Å². The Morgan fingerprint density at radius 3 is 2.15 bits per heavy atom. The molecule has 2 rings (SSSR count). The van der Waals surface area contributed by atoms with E-state index in [1.807, 2.05) is 0 Å². The fourth-order valence-electron chi connectivity index (χ4n) is 1.79. The van der Waals surface area contributed by atoms with Crippen LogP contribution in [-0.4, -0.2) is 5.78 Å². The Balaban J connectivity index is 2.48. The van der Waals surface area contributed by atoms with Gasteiger partial charge in [0.15, 0.2) is 5.78 Å². The van der Waals surface area contributed by atoms with Gasteiger partial charge in [-0.25, -0.2) is 4.39 Å². The highest BCUT2D eigenvalue weighted by Crippen LogP contribution is 2.32. The van der Waals surface area contributed by atoms with Gasteiger partial charge in [-0.1, -0.05) is 35.9 Å². The van der Waals surface area contributed by atoms with Crippen LogP contribution in [0.15, 0.2) is 42.5 Å². The predicted molar refractivity (Wildman–Crippen MR) is 66.0 cm³/mol. The van der Waals surface area contributed by atoms with Gasteiger partial charge < -0.3 is 0 Å². The molecule has 0 aliphatic heterocycles. The van der Waals surface area contributed by atoms with Gasteiger partial charge in [-0.15, -0.1) is 0 Å². The van der Waals surface area contributed by atoms with Crippen molar-refractivity contribution in [2.45, 2.75) is 13.1 Å². The van der Waals surface area contributed by atoms with Gasteiger partial charge in [0.05, 0.1) is 11.1 Å². The third-order valence-corrected chi connectivity index (χ3v) is 2.86. The summed E-state index contributed by atoms with van der Waals surface area (Å²) in [5, 5.41) is 0. The predicted octanol–water partition coefficient (Wildman–Crippen LogP) is 4.38. The number of alkyl halides is 3. The first-order chi connectivity index (χ1) is 9.30. The van der Waals surface area contributed by atoms with Crippen molar-refractivity contribution in [3.05, 3.63) is 70.5 Å². The molecule has 0 aromatic heterocycles. The maximum atomic E-state index is 13.8. The zero-order chi connectivity index (χ0) is 14.9. The smallest absolute Gasteiger partial charge is 0.288 e. The number of ketones is 1. The first kappa shape index (κ1) is 14.2. The first-order valence-electron chi connectivity index (χ1n) is 5.78. The van der Waals surface area contributed by atoms with Crippen LogP contribution in [0.5, 0.6) is 0 Å². The lowest BCUT2D eigenvalue weighted by molar-refractivity contribution is -0.140. The molecule has 0 aliphatic carbocycles. The first-order valence-corrected chi connectivity index (χ1v) is 5.78. The summed E-state index contributed by atoms with van der Waals surface area (Å²) >= 11 is 0. The van der Waals surface area contributed by atoms with Gasteiger partial charge in [0, 0.05) is 5.56 Å². The van der Waals surface area contributed by atoms with Crippen molar-refractivity contribution in [1.29, 1.82) is 0 Å². The molecule has 0 saturated carbocycles. The van der Waals surface area contributed by atoms with Crippen LogP contribution in [0.3, 0.4) is 0 Å². The second kappa shape index (κ2) is 5.07. The molecule has 5 heteroatoms. The Labute approximate surface area is 112 Å². The van der Waals surface area contributed by atoms with E-state index in [1.165, 1.54) is 12.1 Å². The number of carbonyl (C=O) groups excluding carboxylic acids is 1. The van der Waals surface area contributed by atoms with Crippen molar-refractivity contribution < 1.29 is 22.4 Å². The van der Waals surface area contributed by atoms with Gasteiger partial charge in [0.2, 0.25) is 0 Å². The van der Waals surface area contributed by atoms with Gasteiger partial charge >= 0.3 is 6.18 Å². The van der Waals surface area contributed by atoms with Gasteiger partial charge in [-0.05, 0) is 19.1 Å². The number of hydrogen-bond acceptors (Lipinski definition) is 1. The molecule has 0 unspecified atom stereocenters. The summed E-state index contributed by atoms with van der Waals surface area (Å²) in [6, 6.07) is 8.87. The molecule has 0 N–H and O–H groups in total. The van der Waals surface area contributed by atoms with Crippen LogP contribution in [-0.2, 0) is 6.18 Å². The zero-order valence-corrected chi connectivity index (χ0v) is 10.5. The van der Waals surface area contributed by atoms with Crippen LogP contribution < -0.4 is 0 Å². The second-order valence-corrected chi connectivity index (χ2v) is 4.36. The highest BCUT2D eigenvalue weighted by molar-refractivity contribution is 6.09. The van der Waals surface area contributed by atoms with Gasteiger partial charge in [-0.3, -0.25) is 4.79 Å². The Hall–Kier alpha value is -2.17. The summed E-state index contributed by atoms with van der Waals surface area (Å²) in [7, 11) is 0. The van der Waals surface area contributed by atoms with Gasteiger partial charge in [0.25, 0.3) is 0 Å². The lowest BCUT2D eigenvalue weighted by Crippen LogP contribution is -2.13. The average Bonchev–Trinajstić information content (AvgIpc) is 2.37. The lowest BCUT2D eigenvalue weighted by Gasteiger charge is -2.10. The quantitative estimate of drug-likeness (QED) is 0.590. The van der Waals surface area contributed by atoms with Crippen molar-refractivity contribution in [2.24, 2.45) is 0 Å². The fourth-order valence-corrected chi connectivity index (χ4v) is 1.79. The van der Waals surface area contributed by atoms with E-state index in [1.54, 1.807) is 19.1 Å². The molecular formula is C15H10F4O. The molecule has 0 amide bonds. The number of carbonyl (C=O) groups is 1. The average molecular weight is 282 g/mol. The molecule has 2 aromatic rings. The molecule has 1 nitrogen and oxygen atoms in total. The lowest BCUT2D eigenvalue weighted by atomic mass is 9.99. The minimum Gasteiger partial charge on any atom is -0.288 e. The molecule has 0 saturated heterocycles. The van der Waals surface area contributed by atoms with E-state index in [2.05, 4.69) is 0 Å². The minimum atomic E-state index is -4.83. The van der Waals surface area contributed by atoms with Gasteiger partial charge in [-0.2, -0.15) is 13.2 Å². The molecule has 2 aromatic carbocycles. The minimum absolute atomic E-state index is 0.147. The molecule has 0 spiro atoms. The van der Waals surface area contributed by atoms with E-state index < -0.39 is 28.9 Å². The Bertz CT molecular complexity index is 642. The summed E-state index contributed by atoms with van der Waals surface area (Å²) < 4.78 is 51.6. The van der Waals surface area contributed by atoms with E-state index in [9.17, 15) is 22.4 Å². The number of aryl methyl sites for hydroxylation is 1. The molecule has 0 bridgehead atoms. The van der Waals surface area contributed by atoms with E-state index in [0.29, 0.717) is 6.07 Å². The van der Waals surface area contributed by atoms with Crippen LogP contribution >= 0.6 is 0 Å². The Morgan fingerprint density at radius 2 is 1.60 bits per heavy atom. The summed E-state index contributed by atoms with van der Waals surface area (Å²) in [6.45, 7) is 1.80. The molecule has 0 heterocycles. The van der Waals surface area contributed by atoms with Crippen molar-refractivity contribution in [2.75, 3.05) is 0 Å². The number of benzene rings is 2. The fraction of sp³-hybridized carbons (Fsp3) is 0.133. The maximum absolute atomic E-state index is 13.8. The third kappa shape index (κ3) is 2.71. The van der Waals surface area contributed by atoms with E-state index in [0.717, 1.165) is 17.7 Å². The van der Waals surface area contributed by atoms with Crippen molar-refractivity contribution in [1.82, 2.24) is 0 Å². The molecule has 104 valence electrons. The van der Waals surface area contributed by atoms with Gasteiger partial charge in [0.1, 0.15) is 5.82 Å². The standard InChI is InChI=1S/C15H10F4O/c1-9-5-7-10(8-6-9)14(20)11-3-2-4-12(13(11)16)15(17,18)19/h2-8H,1H3. The Kier molecular flexibility index (Phi) is 3.61. The molecule has 0 fully saturated rings. The molecule has 0 radical (unpaired) electrons. The van der Waals surface area contributed by atoms with Crippen molar-refractivity contribution in [3.8, 4) is 0 Å². The normalized spacial score (nSPS) is 11.4. The molecule has 20 heavy (non-hydrogen) atoms. The van der Waals surface area contributed by atoms with Crippen LogP contribution in [0, 0.1) is 12.7 Å². The number of rotatable bonds is 2. The summed E-state index contributed by atoms with van der Waals surface area (Å²) in [6.07, 6.45) is -4.83. The number of hydrogen-bond donors (Lipinski definition) is 0. The summed E-state index contributed by atoms with van der Waals surface area (Å²) in [4.78, 5) is 12.1. The SMILES string of the molecule is Cc1ccc(C(=O)c2cccc(C(F)(F)F)c2F)cc1. The van der Waals surface area contributed by atoms with Crippen LogP contribution in [0.2, 0.25) is 0 Å². The Morgan fingerprint density at radius 1 is 1.00 bits per heavy atom. The summed E-state index contributed by atoms with van der Waals surface area (Å²) in [5.41, 5.74) is -0.973. The molecule has 0 atom stereocenters. The zero-order valence-electron chi connectivity index (χ0n) is 10.5. The number of halogens is 4. The van der Waals surface area contributed by atoms with E-state index in [4.69, 9.17) is 0 Å². The maximum Gasteiger partial charge on any atom is 0.419 e. The molecular weight excluding hydrogens is 272 g/mol. The van der Waals surface area contributed by atoms with Crippen LogP contribution in [0.1, 0.15) is 27.0 Å².